The number of carbonyl (C=O) groups is 1. The maximum absolute atomic E-state index is 12.7. The molecular formula is C21H27N3O2. The first-order valence-corrected chi connectivity index (χ1v) is 9.34. The molecule has 0 bridgehead atoms. The molecule has 5 heteroatoms. The van der Waals surface area contributed by atoms with E-state index in [4.69, 9.17) is 0 Å². The number of nitrogens with one attached hydrogen (secondary N) is 1. The molecule has 0 spiro atoms. The van der Waals surface area contributed by atoms with Crippen LogP contribution in [0.3, 0.4) is 0 Å². The Morgan fingerprint density at radius 3 is 2.46 bits per heavy atom. The Labute approximate surface area is 154 Å². The molecule has 1 aromatic heterocycles. The zero-order valence-electron chi connectivity index (χ0n) is 15.6. The van der Waals surface area contributed by atoms with Gasteiger partial charge in [-0.05, 0) is 56.6 Å². The number of amides is 1. The molecule has 1 aliphatic heterocycles. The lowest BCUT2D eigenvalue weighted by Crippen LogP contribution is -2.29. The average molecular weight is 353 g/mol. The summed E-state index contributed by atoms with van der Waals surface area (Å²) in [6, 6.07) is 11.3. The number of hydrogen-bond acceptors (Lipinski definition) is 3. The van der Waals surface area contributed by atoms with E-state index in [1.54, 1.807) is 19.2 Å². The molecule has 2 heterocycles. The molecule has 0 unspecified atom stereocenters. The molecule has 2 aromatic rings. The fourth-order valence-electron chi connectivity index (χ4n) is 3.41. The standard InChI is InChI=1S/C21H27N3O2/c1-16-11-12-18(21(26)23(16)2)20(25)22-19-10-6-5-9-17(19)15-24-13-7-3-4-8-14-24/h5-6,9-12H,3-4,7-8,13-15H2,1-2H3,(H,22,25). The summed E-state index contributed by atoms with van der Waals surface area (Å²) in [4.78, 5) is 27.5. The van der Waals surface area contributed by atoms with E-state index >= 15 is 0 Å². The number of para-hydroxylation sites is 1. The number of carbonyl (C=O) groups excluding carboxylic acids is 1. The van der Waals surface area contributed by atoms with Crippen LogP contribution in [0.25, 0.3) is 0 Å². The van der Waals surface area contributed by atoms with Crippen LogP contribution in [0.5, 0.6) is 0 Å². The van der Waals surface area contributed by atoms with Gasteiger partial charge in [-0.25, -0.2) is 0 Å². The summed E-state index contributed by atoms with van der Waals surface area (Å²) in [6.45, 7) is 4.86. The number of hydrogen-bond donors (Lipinski definition) is 1. The first kappa shape index (κ1) is 18.4. The summed E-state index contributed by atoms with van der Waals surface area (Å²) in [7, 11) is 1.68. The summed E-state index contributed by atoms with van der Waals surface area (Å²) < 4.78 is 1.50. The lowest BCUT2D eigenvalue weighted by molar-refractivity contribution is 0.102. The second-order valence-corrected chi connectivity index (χ2v) is 7.05. The Balaban J connectivity index is 1.79. The second kappa shape index (κ2) is 8.32. The number of nitrogens with zero attached hydrogens (tertiary/aromatic N) is 2. The molecule has 1 aliphatic rings. The van der Waals surface area contributed by atoms with Gasteiger partial charge in [0.15, 0.2) is 0 Å². The normalized spacial score (nSPS) is 15.5. The van der Waals surface area contributed by atoms with Crippen LogP contribution in [0.2, 0.25) is 0 Å². The van der Waals surface area contributed by atoms with Crippen molar-refractivity contribution in [2.45, 2.75) is 39.2 Å². The van der Waals surface area contributed by atoms with E-state index in [2.05, 4.69) is 10.2 Å². The Bertz CT molecular complexity index is 833. The number of likely N-dealkylation sites (tertiary alicyclic amines) is 1. The summed E-state index contributed by atoms with van der Waals surface area (Å²) in [5, 5.41) is 2.94. The van der Waals surface area contributed by atoms with Crippen molar-refractivity contribution in [3.63, 3.8) is 0 Å². The van der Waals surface area contributed by atoms with Crippen molar-refractivity contribution in [1.29, 1.82) is 0 Å². The van der Waals surface area contributed by atoms with Crippen LogP contribution in [0.4, 0.5) is 5.69 Å². The van der Waals surface area contributed by atoms with Crippen molar-refractivity contribution in [3.05, 3.63) is 63.6 Å². The molecular weight excluding hydrogens is 326 g/mol. The van der Waals surface area contributed by atoms with Gasteiger partial charge in [-0.1, -0.05) is 31.0 Å². The number of anilines is 1. The van der Waals surface area contributed by atoms with Gasteiger partial charge in [-0.3, -0.25) is 14.5 Å². The van der Waals surface area contributed by atoms with E-state index in [1.165, 1.54) is 30.3 Å². The Morgan fingerprint density at radius 1 is 1.04 bits per heavy atom. The minimum Gasteiger partial charge on any atom is -0.322 e. The third-order valence-corrected chi connectivity index (χ3v) is 5.16. The summed E-state index contributed by atoms with van der Waals surface area (Å²) in [5.74, 6) is -0.353. The van der Waals surface area contributed by atoms with Crippen LogP contribution in [-0.4, -0.2) is 28.5 Å². The van der Waals surface area contributed by atoms with Crippen LogP contribution in [0.15, 0.2) is 41.2 Å². The highest BCUT2D eigenvalue weighted by Gasteiger charge is 2.16. The fraction of sp³-hybridized carbons (Fsp3) is 0.429. The van der Waals surface area contributed by atoms with E-state index in [0.717, 1.165) is 36.6 Å². The van der Waals surface area contributed by atoms with E-state index in [1.807, 2.05) is 31.2 Å². The molecule has 1 fully saturated rings. The third kappa shape index (κ3) is 4.22. The predicted molar refractivity (Wildman–Crippen MR) is 105 cm³/mol. The van der Waals surface area contributed by atoms with Gasteiger partial charge in [0, 0.05) is 25.0 Å². The van der Waals surface area contributed by atoms with Gasteiger partial charge in [-0.15, -0.1) is 0 Å². The quantitative estimate of drug-likeness (QED) is 0.917. The minimum absolute atomic E-state index is 0.169. The van der Waals surface area contributed by atoms with Crippen molar-refractivity contribution < 1.29 is 4.79 Å². The maximum atomic E-state index is 12.7. The molecule has 26 heavy (non-hydrogen) atoms. The van der Waals surface area contributed by atoms with Crippen molar-refractivity contribution in [1.82, 2.24) is 9.47 Å². The number of rotatable bonds is 4. The monoisotopic (exact) mass is 353 g/mol. The lowest BCUT2D eigenvalue weighted by Gasteiger charge is -2.21. The van der Waals surface area contributed by atoms with E-state index in [-0.39, 0.29) is 17.0 Å². The highest BCUT2D eigenvalue weighted by Crippen LogP contribution is 2.20. The van der Waals surface area contributed by atoms with Crippen LogP contribution >= 0.6 is 0 Å². The topological polar surface area (TPSA) is 54.3 Å². The Hall–Kier alpha value is -2.40. The van der Waals surface area contributed by atoms with Gasteiger partial charge in [0.2, 0.25) is 0 Å². The number of pyridine rings is 1. The zero-order chi connectivity index (χ0) is 18.5. The van der Waals surface area contributed by atoms with E-state index < -0.39 is 0 Å². The summed E-state index contributed by atoms with van der Waals surface area (Å²) >= 11 is 0. The van der Waals surface area contributed by atoms with E-state index in [0.29, 0.717) is 0 Å². The molecule has 0 atom stereocenters. The molecule has 0 aliphatic carbocycles. The van der Waals surface area contributed by atoms with Gasteiger partial charge in [0.1, 0.15) is 5.56 Å². The molecule has 0 saturated carbocycles. The molecule has 1 saturated heterocycles. The van der Waals surface area contributed by atoms with Crippen LogP contribution in [0.1, 0.15) is 47.3 Å². The predicted octanol–water partition coefficient (Wildman–Crippen LogP) is 3.32. The first-order chi connectivity index (χ1) is 12.6. The van der Waals surface area contributed by atoms with Gasteiger partial charge in [0.25, 0.3) is 11.5 Å². The minimum atomic E-state index is -0.353. The Kier molecular flexibility index (Phi) is 5.89. The molecule has 1 amide bonds. The van der Waals surface area contributed by atoms with E-state index in [9.17, 15) is 9.59 Å². The largest absolute Gasteiger partial charge is 0.322 e. The summed E-state index contributed by atoms with van der Waals surface area (Å²) in [5.41, 5.74) is 2.60. The molecule has 5 nitrogen and oxygen atoms in total. The van der Waals surface area contributed by atoms with Gasteiger partial charge in [-0.2, -0.15) is 0 Å². The molecule has 0 radical (unpaired) electrons. The third-order valence-electron chi connectivity index (χ3n) is 5.16. The molecule has 1 aromatic carbocycles. The van der Waals surface area contributed by atoms with Crippen LogP contribution in [-0.2, 0) is 13.6 Å². The van der Waals surface area contributed by atoms with Gasteiger partial charge in [0.05, 0.1) is 0 Å². The highest BCUT2D eigenvalue weighted by molar-refractivity contribution is 6.04. The summed E-state index contributed by atoms with van der Waals surface area (Å²) in [6.07, 6.45) is 5.05. The average Bonchev–Trinajstić information content (AvgIpc) is 2.90. The van der Waals surface area contributed by atoms with Gasteiger partial charge >= 0.3 is 0 Å². The van der Waals surface area contributed by atoms with Crippen molar-refractivity contribution >= 4 is 11.6 Å². The number of benzene rings is 1. The zero-order valence-corrected chi connectivity index (χ0v) is 15.6. The molecule has 138 valence electrons. The second-order valence-electron chi connectivity index (χ2n) is 7.05. The van der Waals surface area contributed by atoms with Crippen molar-refractivity contribution in [2.24, 2.45) is 7.05 Å². The first-order valence-electron chi connectivity index (χ1n) is 9.34. The Morgan fingerprint density at radius 2 is 1.73 bits per heavy atom. The van der Waals surface area contributed by atoms with Crippen molar-refractivity contribution in [3.8, 4) is 0 Å². The number of aromatic nitrogens is 1. The lowest BCUT2D eigenvalue weighted by atomic mass is 10.1. The van der Waals surface area contributed by atoms with Crippen molar-refractivity contribution in [2.75, 3.05) is 18.4 Å². The van der Waals surface area contributed by atoms with Crippen LogP contribution in [0, 0.1) is 6.92 Å². The van der Waals surface area contributed by atoms with Gasteiger partial charge < -0.3 is 9.88 Å². The smallest absolute Gasteiger partial charge is 0.263 e. The van der Waals surface area contributed by atoms with Crippen LogP contribution < -0.4 is 10.9 Å². The highest BCUT2D eigenvalue weighted by atomic mass is 16.2. The molecule has 1 N–H and O–H groups in total. The SMILES string of the molecule is Cc1ccc(C(=O)Nc2ccccc2CN2CCCCCC2)c(=O)n1C. The molecule has 3 rings (SSSR count). The fourth-order valence-corrected chi connectivity index (χ4v) is 3.41. The maximum Gasteiger partial charge on any atom is 0.263 e. The number of aryl methyl sites for hydroxylation is 1.